The number of aryl methyl sites for hydroxylation is 1. The number of hydrogen-bond acceptors (Lipinski definition) is 5. The summed E-state index contributed by atoms with van der Waals surface area (Å²) in [4.78, 5) is 7.41. The number of nitrogens with zero attached hydrogens (tertiary/aromatic N) is 3. The third-order valence-electron chi connectivity index (χ3n) is 6.43. The molecule has 31 heavy (non-hydrogen) atoms. The first-order valence-corrected chi connectivity index (χ1v) is 12.4. The highest BCUT2D eigenvalue weighted by molar-refractivity contribution is 7.22. The number of rotatable bonds is 8. The Morgan fingerprint density at radius 1 is 1.19 bits per heavy atom. The van der Waals surface area contributed by atoms with Gasteiger partial charge in [-0.05, 0) is 55.5 Å². The number of unbranched alkanes of at least 4 members (excludes halogenated alkanes) is 2. The van der Waals surface area contributed by atoms with Crippen molar-refractivity contribution in [2.75, 3.05) is 18.4 Å². The lowest BCUT2D eigenvalue weighted by Gasteiger charge is -2.38. The molecule has 1 aliphatic rings. The normalized spacial score (nSPS) is 16.3. The van der Waals surface area contributed by atoms with Gasteiger partial charge in [-0.2, -0.15) is 5.26 Å². The molecule has 162 valence electrons. The van der Waals surface area contributed by atoms with Crippen LogP contribution in [0.5, 0.6) is 0 Å². The summed E-state index contributed by atoms with van der Waals surface area (Å²) in [6.07, 6.45) is 7.23. The lowest BCUT2D eigenvalue weighted by Crippen LogP contribution is -2.41. The van der Waals surface area contributed by atoms with E-state index in [4.69, 9.17) is 4.98 Å². The maximum Gasteiger partial charge on any atom is 0.184 e. The number of hydrogen-bond donors (Lipinski definition) is 1. The SMILES string of the molecule is CCCCCC(c1ccc(C#N)c(C)c1)N1CCC(Nc2nc3ccccc3s2)CC1. The van der Waals surface area contributed by atoms with Gasteiger partial charge in [-0.25, -0.2) is 4.98 Å². The van der Waals surface area contributed by atoms with E-state index in [2.05, 4.69) is 60.5 Å². The molecule has 1 aromatic heterocycles. The van der Waals surface area contributed by atoms with Gasteiger partial charge in [0.05, 0.1) is 21.8 Å². The van der Waals surface area contributed by atoms with E-state index in [1.54, 1.807) is 11.3 Å². The molecule has 5 heteroatoms. The number of fused-ring (bicyclic) bond motifs is 1. The maximum atomic E-state index is 9.29. The number of aromatic nitrogens is 1. The highest BCUT2D eigenvalue weighted by Crippen LogP contribution is 2.32. The maximum absolute atomic E-state index is 9.29. The monoisotopic (exact) mass is 432 g/mol. The van der Waals surface area contributed by atoms with Gasteiger partial charge in [-0.1, -0.05) is 61.8 Å². The first-order chi connectivity index (χ1) is 15.2. The van der Waals surface area contributed by atoms with Crippen molar-refractivity contribution < 1.29 is 0 Å². The minimum absolute atomic E-state index is 0.446. The molecule has 1 atom stereocenters. The van der Waals surface area contributed by atoms with Gasteiger partial charge in [0.25, 0.3) is 0 Å². The van der Waals surface area contributed by atoms with E-state index >= 15 is 0 Å². The molecule has 2 aromatic carbocycles. The average Bonchev–Trinajstić information content (AvgIpc) is 3.20. The van der Waals surface area contributed by atoms with Gasteiger partial charge in [0.2, 0.25) is 0 Å². The van der Waals surface area contributed by atoms with Crippen molar-refractivity contribution in [3.05, 3.63) is 59.2 Å². The predicted molar refractivity (Wildman–Crippen MR) is 131 cm³/mol. The van der Waals surface area contributed by atoms with Crippen LogP contribution in [0.4, 0.5) is 5.13 Å². The third kappa shape index (κ3) is 5.26. The first-order valence-electron chi connectivity index (χ1n) is 11.5. The van der Waals surface area contributed by atoms with Gasteiger partial charge >= 0.3 is 0 Å². The summed E-state index contributed by atoms with van der Waals surface area (Å²) in [7, 11) is 0. The molecular formula is C26H32N4S. The summed E-state index contributed by atoms with van der Waals surface area (Å²) in [5.74, 6) is 0. The van der Waals surface area contributed by atoms with Gasteiger partial charge in [-0.3, -0.25) is 4.90 Å². The molecule has 0 spiro atoms. The Kier molecular flexibility index (Phi) is 7.21. The molecule has 1 unspecified atom stereocenters. The van der Waals surface area contributed by atoms with Crippen molar-refractivity contribution in [3.63, 3.8) is 0 Å². The van der Waals surface area contributed by atoms with Crippen molar-refractivity contribution in [1.29, 1.82) is 5.26 Å². The average molecular weight is 433 g/mol. The largest absolute Gasteiger partial charge is 0.359 e. The Morgan fingerprint density at radius 2 is 2.00 bits per heavy atom. The second-order valence-electron chi connectivity index (χ2n) is 8.64. The molecule has 2 heterocycles. The van der Waals surface area contributed by atoms with Crippen LogP contribution in [-0.2, 0) is 0 Å². The summed E-state index contributed by atoms with van der Waals surface area (Å²) in [6.45, 7) is 6.51. The van der Waals surface area contributed by atoms with Crippen LogP contribution in [0.25, 0.3) is 10.2 Å². The standard InChI is InChI=1S/C26H32N4S/c1-3-4-5-9-24(20-11-12-21(18-27)19(2)17-20)30-15-13-22(14-16-30)28-26-29-23-8-6-7-10-25(23)31-26/h6-8,10-12,17,22,24H,3-5,9,13-16H2,1-2H3,(H,28,29). The van der Waals surface area contributed by atoms with Crippen LogP contribution in [0.3, 0.4) is 0 Å². The molecule has 1 saturated heterocycles. The number of anilines is 1. The smallest absolute Gasteiger partial charge is 0.184 e. The van der Waals surface area contributed by atoms with Crippen LogP contribution in [0, 0.1) is 18.3 Å². The number of thiazole rings is 1. The van der Waals surface area contributed by atoms with Gasteiger partial charge < -0.3 is 5.32 Å². The van der Waals surface area contributed by atoms with Crippen molar-refractivity contribution >= 4 is 26.7 Å². The Bertz CT molecular complexity index is 1010. The first kappa shape index (κ1) is 21.8. The summed E-state index contributed by atoms with van der Waals surface area (Å²) >= 11 is 1.75. The number of benzene rings is 2. The Balaban J connectivity index is 1.41. The molecule has 3 aromatic rings. The second kappa shape index (κ2) is 10.3. The molecule has 0 aliphatic carbocycles. The molecule has 0 radical (unpaired) electrons. The van der Waals surface area contributed by atoms with E-state index in [1.165, 1.54) is 35.9 Å². The van der Waals surface area contributed by atoms with E-state index in [0.29, 0.717) is 12.1 Å². The summed E-state index contributed by atoms with van der Waals surface area (Å²) in [5.41, 5.74) is 4.33. The van der Waals surface area contributed by atoms with Crippen molar-refractivity contribution in [3.8, 4) is 6.07 Å². The number of likely N-dealkylation sites (tertiary alicyclic amines) is 1. The topological polar surface area (TPSA) is 52.0 Å². The summed E-state index contributed by atoms with van der Waals surface area (Å²) in [5, 5.41) is 14.0. The summed E-state index contributed by atoms with van der Waals surface area (Å²) < 4.78 is 1.25. The Hall–Kier alpha value is -2.42. The van der Waals surface area contributed by atoms with Gasteiger partial charge in [-0.15, -0.1) is 0 Å². The fourth-order valence-electron chi connectivity index (χ4n) is 4.63. The highest BCUT2D eigenvalue weighted by atomic mass is 32.1. The van der Waals surface area contributed by atoms with Crippen LogP contribution < -0.4 is 5.32 Å². The molecule has 4 nitrogen and oxygen atoms in total. The van der Waals surface area contributed by atoms with E-state index in [-0.39, 0.29) is 0 Å². The van der Waals surface area contributed by atoms with Gasteiger partial charge in [0.15, 0.2) is 5.13 Å². The zero-order valence-corrected chi connectivity index (χ0v) is 19.4. The van der Waals surface area contributed by atoms with Crippen LogP contribution in [0.1, 0.15) is 68.2 Å². The molecule has 1 N–H and O–H groups in total. The van der Waals surface area contributed by atoms with Crippen molar-refractivity contribution in [1.82, 2.24) is 9.88 Å². The highest BCUT2D eigenvalue weighted by Gasteiger charge is 2.26. The molecule has 0 saturated carbocycles. The molecule has 0 amide bonds. The quantitative estimate of drug-likeness (QED) is 0.404. The summed E-state index contributed by atoms with van der Waals surface area (Å²) in [6, 6.07) is 18.0. The van der Waals surface area contributed by atoms with Crippen LogP contribution in [0.15, 0.2) is 42.5 Å². The van der Waals surface area contributed by atoms with E-state index in [0.717, 1.165) is 47.7 Å². The fraction of sp³-hybridized carbons (Fsp3) is 0.462. The molecular weight excluding hydrogens is 400 g/mol. The number of para-hydroxylation sites is 1. The number of piperidine rings is 1. The molecule has 1 fully saturated rings. The zero-order chi connectivity index (χ0) is 21.6. The van der Waals surface area contributed by atoms with Crippen molar-refractivity contribution in [2.24, 2.45) is 0 Å². The minimum Gasteiger partial charge on any atom is -0.359 e. The van der Waals surface area contributed by atoms with Crippen LogP contribution in [0.2, 0.25) is 0 Å². The van der Waals surface area contributed by atoms with E-state index in [9.17, 15) is 5.26 Å². The lowest BCUT2D eigenvalue weighted by atomic mass is 9.93. The third-order valence-corrected chi connectivity index (χ3v) is 7.40. The van der Waals surface area contributed by atoms with Gasteiger partial charge in [0.1, 0.15) is 0 Å². The Morgan fingerprint density at radius 3 is 2.71 bits per heavy atom. The van der Waals surface area contributed by atoms with Crippen LogP contribution in [-0.4, -0.2) is 29.0 Å². The van der Waals surface area contributed by atoms with E-state index < -0.39 is 0 Å². The second-order valence-corrected chi connectivity index (χ2v) is 9.67. The lowest BCUT2D eigenvalue weighted by molar-refractivity contribution is 0.147. The molecule has 4 rings (SSSR count). The molecule has 0 bridgehead atoms. The van der Waals surface area contributed by atoms with E-state index in [1.807, 2.05) is 12.1 Å². The minimum atomic E-state index is 0.446. The number of nitrogens with one attached hydrogen (secondary N) is 1. The zero-order valence-electron chi connectivity index (χ0n) is 18.6. The van der Waals surface area contributed by atoms with Crippen molar-refractivity contribution in [2.45, 2.75) is 64.5 Å². The fourth-order valence-corrected chi connectivity index (χ4v) is 5.57. The predicted octanol–water partition coefficient (Wildman–Crippen LogP) is 6.67. The van der Waals surface area contributed by atoms with Crippen LogP contribution >= 0.6 is 11.3 Å². The van der Waals surface area contributed by atoms with Gasteiger partial charge in [0, 0.05) is 25.2 Å². The number of nitriles is 1. The molecule has 1 aliphatic heterocycles. The Labute approximate surface area is 189 Å².